The molecule has 0 aliphatic heterocycles. The number of halogens is 3. The van der Waals surface area contributed by atoms with E-state index >= 15 is 0 Å². The van der Waals surface area contributed by atoms with Crippen molar-refractivity contribution in [2.24, 2.45) is 0 Å². The molecular weight excluding hydrogens is 238 g/mol. The number of carbonyl (C=O) groups is 1. The van der Waals surface area contributed by atoms with Crippen molar-refractivity contribution in [3.05, 3.63) is 0 Å². The van der Waals surface area contributed by atoms with Crippen LogP contribution in [0.2, 0.25) is 0 Å². The molecule has 80 valence electrons. The molecule has 0 bridgehead atoms. The highest BCUT2D eigenvalue weighted by Gasteiger charge is 1.97. The minimum absolute atomic E-state index is 0.0544. The van der Waals surface area contributed by atoms with Crippen LogP contribution in [0.5, 0.6) is 0 Å². The van der Waals surface area contributed by atoms with Crippen molar-refractivity contribution < 1.29 is 14.6 Å². The Labute approximate surface area is 92.9 Å². The smallest absolute Gasteiger partial charge is 0.305 e. The van der Waals surface area contributed by atoms with Crippen molar-refractivity contribution >= 4 is 40.8 Å². The summed E-state index contributed by atoms with van der Waals surface area (Å²) in [5.41, 5.74) is 0. The molecule has 0 saturated carbocycles. The van der Waals surface area contributed by atoms with Crippen molar-refractivity contribution in [1.82, 2.24) is 0 Å². The first-order valence-electron chi connectivity index (χ1n) is 3.73. The van der Waals surface area contributed by atoms with Gasteiger partial charge in [0.15, 0.2) is 4.30 Å². The zero-order chi connectivity index (χ0) is 10.7. The Morgan fingerprint density at radius 1 is 1.46 bits per heavy atom. The van der Waals surface area contributed by atoms with Crippen LogP contribution >= 0.6 is 34.8 Å². The molecule has 0 unspecified atom stereocenters. The van der Waals surface area contributed by atoms with Gasteiger partial charge in [0.05, 0.1) is 6.61 Å². The first kappa shape index (κ1) is 15.8. The lowest BCUT2D eigenvalue weighted by Gasteiger charge is -1.97. The van der Waals surface area contributed by atoms with E-state index in [4.69, 9.17) is 39.9 Å². The number of hydrogen-bond donors (Lipinski definition) is 1. The second-order valence-corrected chi connectivity index (χ2v) is 3.86. The van der Waals surface area contributed by atoms with Crippen molar-refractivity contribution in [2.45, 2.75) is 24.1 Å². The molecular formula is C7H13Cl3O3. The quantitative estimate of drug-likeness (QED) is 0.616. The van der Waals surface area contributed by atoms with Gasteiger partial charge in [-0.15, -0.1) is 0 Å². The van der Waals surface area contributed by atoms with Gasteiger partial charge in [0.2, 0.25) is 0 Å². The number of hydrogen-bond acceptors (Lipinski definition) is 3. The molecule has 0 atom stereocenters. The molecule has 13 heavy (non-hydrogen) atoms. The summed E-state index contributed by atoms with van der Waals surface area (Å²) >= 11 is 14.4. The predicted octanol–water partition coefficient (Wildman–Crippen LogP) is 2.31. The Hall–Kier alpha value is 0.300. The van der Waals surface area contributed by atoms with E-state index in [9.17, 15) is 4.79 Å². The number of aliphatic hydroxyl groups is 1. The normalized spacial score (nSPS) is 9.08. The van der Waals surface area contributed by atoms with E-state index < -0.39 is 4.30 Å². The summed E-state index contributed by atoms with van der Waals surface area (Å²) in [7, 11) is 0. The van der Waals surface area contributed by atoms with Crippen LogP contribution in [0.25, 0.3) is 0 Å². The minimum Gasteiger partial charge on any atom is -0.466 e. The molecule has 3 nitrogen and oxygen atoms in total. The average Bonchev–Trinajstić information content (AvgIpc) is 2.00. The zero-order valence-electron chi connectivity index (χ0n) is 7.30. The van der Waals surface area contributed by atoms with Crippen LogP contribution in [0.1, 0.15) is 19.8 Å². The fourth-order valence-corrected chi connectivity index (χ4v) is 0.457. The Kier molecular flexibility index (Phi) is 14.9. The molecule has 6 heteroatoms. The van der Waals surface area contributed by atoms with Crippen LogP contribution in [0, 0.1) is 0 Å². The van der Waals surface area contributed by atoms with Crippen molar-refractivity contribution in [3.63, 3.8) is 0 Å². The standard InChI is InChI=1S/C6H12O3.CHCl3/c1-2-9-6(8)4-3-5-7;2-1(3)4/h7H,2-5H2,1H3;1H. The number of ether oxygens (including phenoxy) is 1. The first-order chi connectivity index (χ1) is 6.04. The molecule has 0 aromatic rings. The highest BCUT2D eigenvalue weighted by atomic mass is 35.6. The summed E-state index contributed by atoms with van der Waals surface area (Å²) in [4.78, 5) is 10.5. The highest BCUT2D eigenvalue weighted by Crippen LogP contribution is 2.03. The molecule has 0 radical (unpaired) electrons. The fourth-order valence-electron chi connectivity index (χ4n) is 0.457. The number of aliphatic hydroxyl groups excluding tert-OH is 1. The van der Waals surface area contributed by atoms with Gasteiger partial charge in [0.25, 0.3) is 0 Å². The van der Waals surface area contributed by atoms with Gasteiger partial charge in [0, 0.05) is 13.0 Å². The molecule has 0 fully saturated rings. The van der Waals surface area contributed by atoms with Crippen molar-refractivity contribution in [3.8, 4) is 0 Å². The van der Waals surface area contributed by atoms with Gasteiger partial charge in [-0.25, -0.2) is 0 Å². The Morgan fingerprint density at radius 3 is 2.23 bits per heavy atom. The van der Waals surface area contributed by atoms with Gasteiger partial charge in [0.1, 0.15) is 0 Å². The highest BCUT2D eigenvalue weighted by molar-refractivity contribution is 6.63. The molecule has 0 aliphatic carbocycles. The SMILES string of the molecule is CCOC(=O)CCCO.ClC(Cl)Cl. The monoisotopic (exact) mass is 250 g/mol. The van der Waals surface area contributed by atoms with Crippen molar-refractivity contribution in [2.75, 3.05) is 13.2 Å². The second kappa shape index (κ2) is 12.3. The number of alkyl halides is 3. The molecule has 0 amide bonds. The third-order valence-corrected chi connectivity index (χ3v) is 0.844. The van der Waals surface area contributed by atoms with E-state index in [1.54, 1.807) is 6.92 Å². The molecule has 0 heterocycles. The molecule has 1 N–H and O–H groups in total. The lowest BCUT2D eigenvalue weighted by atomic mass is 10.3. The summed E-state index contributed by atoms with van der Waals surface area (Å²) in [6.07, 6.45) is 0.823. The van der Waals surface area contributed by atoms with E-state index in [-0.39, 0.29) is 12.6 Å². The molecule has 0 aromatic heterocycles. The van der Waals surface area contributed by atoms with Crippen molar-refractivity contribution in [1.29, 1.82) is 0 Å². The van der Waals surface area contributed by atoms with Crippen LogP contribution in [0.15, 0.2) is 0 Å². The Balaban J connectivity index is 0. The molecule has 0 aromatic carbocycles. The first-order valence-corrected chi connectivity index (χ1v) is 5.04. The van der Waals surface area contributed by atoms with Gasteiger partial charge in [-0.1, -0.05) is 34.8 Å². The molecule has 0 aliphatic rings. The molecule has 0 spiro atoms. The number of rotatable bonds is 4. The molecule has 0 rings (SSSR count). The van der Waals surface area contributed by atoms with Crippen LogP contribution in [-0.2, 0) is 9.53 Å². The maximum absolute atomic E-state index is 10.5. The lowest BCUT2D eigenvalue weighted by molar-refractivity contribution is -0.143. The van der Waals surface area contributed by atoms with Gasteiger partial charge in [-0.2, -0.15) is 0 Å². The van der Waals surface area contributed by atoms with Crippen LogP contribution in [0.4, 0.5) is 0 Å². The summed E-state index contributed by atoms with van der Waals surface area (Å²) in [6, 6.07) is 0. The third kappa shape index (κ3) is 24.5. The van der Waals surface area contributed by atoms with E-state index in [0.717, 1.165) is 0 Å². The van der Waals surface area contributed by atoms with E-state index in [1.165, 1.54) is 0 Å². The summed E-state index contributed by atoms with van der Waals surface area (Å²) in [5.74, 6) is -0.230. The zero-order valence-corrected chi connectivity index (χ0v) is 9.57. The predicted molar refractivity (Wildman–Crippen MR) is 54.3 cm³/mol. The van der Waals surface area contributed by atoms with Crippen LogP contribution in [0.3, 0.4) is 0 Å². The fraction of sp³-hybridized carbons (Fsp3) is 0.857. The summed E-state index contributed by atoms with van der Waals surface area (Å²) < 4.78 is 3.84. The maximum Gasteiger partial charge on any atom is 0.305 e. The van der Waals surface area contributed by atoms with Gasteiger partial charge in [-0.3, -0.25) is 4.79 Å². The summed E-state index contributed by atoms with van der Waals surface area (Å²) in [5, 5.41) is 8.28. The number of esters is 1. The summed E-state index contributed by atoms with van der Waals surface area (Å²) in [6.45, 7) is 2.24. The van der Waals surface area contributed by atoms with Crippen LogP contribution < -0.4 is 0 Å². The van der Waals surface area contributed by atoms with E-state index in [2.05, 4.69) is 4.74 Å². The maximum atomic E-state index is 10.5. The minimum atomic E-state index is -0.750. The number of carbonyl (C=O) groups excluding carboxylic acids is 1. The second-order valence-electron chi connectivity index (χ2n) is 1.88. The molecule has 0 saturated heterocycles. The van der Waals surface area contributed by atoms with Gasteiger partial charge in [-0.05, 0) is 13.3 Å². The van der Waals surface area contributed by atoms with E-state index in [0.29, 0.717) is 19.4 Å². The Morgan fingerprint density at radius 2 is 1.92 bits per heavy atom. The third-order valence-electron chi connectivity index (χ3n) is 0.844. The van der Waals surface area contributed by atoms with Crippen LogP contribution in [-0.4, -0.2) is 28.6 Å². The topological polar surface area (TPSA) is 46.5 Å². The lowest BCUT2D eigenvalue weighted by Crippen LogP contribution is -2.03. The largest absolute Gasteiger partial charge is 0.466 e. The van der Waals surface area contributed by atoms with E-state index in [1.807, 2.05) is 0 Å². The average molecular weight is 252 g/mol. The Bertz CT molecular complexity index is 117. The van der Waals surface area contributed by atoms with Gasteiger partial charge >= 0.3 is 5.97 Å². The van der Waals surface area contributed by atoms with Gasteiger partial charge < -0.3 is 9.84 Å².